The number of pyridine rings is 1. The highest BCUT2D eigenvalue weighted by molar-refractivity contribution is 5.96. The van der Waals surface area contributed by atoms with Crippen molar-refractivity contribution >= 4 is 23.3 Å². The number of amides is 2. The predicted molar refractivity (Wildman–Crippen MR) is 116 cm³/mol. The zero-order valence-electron chi connectivity index (χ0n) is 16.9. The summed E-state index contributed by atoms with van der Waals surface area (Å²) < 4.78 is 0. The second kappa shape index (κ2) is 10.4. The van der Waals surface area contributed by atoms with Crippen LogP contribution in [-0.2, 0) is 9.59 Å². The van der Waals surface area contributed by atoms with Gasteiger partial charge in [-0.25, -0.2) is 0 Å². The minimum Gasteiger partial charge on any atom is -0.384 e. The summed E-state index contributed by atoms with van der Waals surface area (Å²) in [5.41, 5.74) is 7.26. The van der Waals surface area contributed by atoms with Crippen molar-refractivity contribution in [3.8, 4) is 0 Å². The van der Waals surface area contributed by atoms with E-state index in [9.17, 15) is 9.59 Å². The average molecular weight is 409 g/mol. The first-order valence-electron chi connectivity index (χ1n) is 10.2. The van der Waals surface area contributed by atoms with Crippen LogP contribution in [0.15, 0.2) is 48.7 Å². The Labute approximate surface area is 176 Å². The van der Waals surface area contributed by atoms with Crippen LogP contribution in [0.5, 0.6) is 0 Å². The molecule has 1 aliphatic rings. The third-order valence-corrected chi connectivity index (χ3v) is 5.12. The first kappa shape index (κ1) is 21.3. The highest BCUT2D eigenvalue weighted by atomic mass is 16.2. The number of hydrogen-bond donors (Lipinski definition) is 5. The quantitative estimate of drug-likeness (QED) is 0.337. The normalized spacial score (nSPS) is 15.1. The number of amidine groups is 1. The number of nitrogen functional groups attached to an aromatic ring is 1. The van der Waals surface area contributed by atoms with E-state index in [4.69, 9.17) is 11.1 Å². The molecule has 0 radical (unpaired) electrons. The SMILES string of the molecule is N=C(N)c1cccc(NC(C(=O)NCC(=O)NC2CCCCC2)c2ccccn2)c1. The second-order valence-corrected chi connectivity index (χ2v) is 7.45. The van der Waals surface area contributed by atoms with Crippen LogP contribution in [0.1, 0.15) is 49.4 Å². The minimum absolute atomic E-state index is 0.0585. The van der Waals surface area contributed by atoms with Crippen molar-refractivity contribution in [3.63, 3.8) is 0 Å². The van der Waals surface area contributed by atoms with Crippen LogP contribution in [0.3, 0.4) is 0 Å². The molecule has 0 spiro atoms. The average Bonchev–Trinajstić information content (AvgIpc) is 2.77. The van der Waals surface area contributed by atoms with E-state index in [-0.39, 0.29) is 30.2 Å². The molecular weight excluding hydrogens is 380 g/mol. The van der Waals surface area contributed by atoms with Crippen LogP contribution in [-0.4, -0.2) is 35.2 Å². The number of nitrogens with one attached hydrogen (secondary N) is 4. The van der Waals surface area contributed by atoms with Gasteiger partial charge in [-0.1, -0.05) is 37.5 Å². The number of rotatable bonds is 8. The van der Waals surface area contributed by atoms with Gasteiger partial charge in [-0.15, -0.1) is 0 Å². The Morgan fingerprint density at radius 2 is 1.93 bits per heavy atom. The maximum Gasteiger partial charge on any atom is 0.249 e. The van der Waals surface area contributed by atoms with Gasteiger partial charge in [0.2, 0.25) is 11.8 Å². The third-order valence-electron chi connectivity index (χ3n) is 5.12. The van der Waals surface area contributed by atoms with Crippen molar-refractivity contribution in [3.05, 3.63) is 59.9 Å². The summed E-state index contributed by atoms with van der Waals surface area (Å²) in [5.74, 6) is -0.605. The van der Waals surface area contributed by atoms with E-state index in [1.165, 1.54) is 6.42 Å². The summed E-state index contributed by atoms with van der Waals surface area (Å²) in [6.07, 6.45) is 7.06. The largest absolute Gasteiger partial charge is 0.384 e. The van der Waals surface area contributed by atoms with Crippen LogP contribution in [0, 0.1) is 5.41 Å². The fraction of sp³-hybridized carbons (Fsp3) is 0.364. The lowest BCUT2D eigenvalue weighted by Crippen LogP contribution is -2.44. The van der Waals surface area contributed by atoms with E-state index in [1.54, 1.807) is 48.7 Å². The minimum atomic E-state index is -0.795. The molecule has 1 atom stereocenters. The molecule has 0 saturated heterocycles. The zero-order chi connectivity index (χ0) is 21.3. The molecule has 30 heavy (non-hydrogen) atoms. The molecule has 0 aliphatic heterocycles. The number of benzene rings is 1. The summed E-state index contributed by atoms with van der Waals surface area (Å²) in [6.45, 7) is -0.0895. The summed E-state index contributed by atoms with van der Waals surface area (Å²) in [5, 5.41) is 16.4. The monoisotopic (exact) mass is 408 g/mol. The van der Waals surface area contributed by atoms with Gasteiger partial charge in [0, 0.05) is 23.5 Å². The molecule has 1 aromatic carbocycles. The lowest BCUT2D eigenvalue weighted by atomic mass is 9.95. The molecule has 6 N–H and O–H groups in total. The number of hydrogen-bond acceptors (Lipinski definition) is 5. The Morgan fingerprint density at radius 3 is 2.63 bits per heavy atom. The van der Waals surface area contributed by atoms with Crippen molar-refractivity contribution in [1.82, 2.24) is 15.6 Å². The fourth-order valence-electron chi connectivity index (χ4n) is 3.56. The molecule has 1 fully saturated rings. The van der Waals surface area contributed by atoms with Gasteiger partial charge in [-0.3, -0.25) is 20.0 Å². The fourth-order valence-corrected chi connectivity index (χ4v) is 3.56. The van der Waals surface area contributed by atoms with Gasteiger partial charge in [0.1, 0.15) is 11.9 Å². The highest BCUT2D eigenvalue weighted by Gasteiger charge is 2.23. The van der Waals surface area contributed by atoms with Gasteiger partial charge in [0.25, 0.3) is 0 Å². The lowest BCUT2D eigenvalue weighted by molar-refractivity contribution is -0.127. The molecule has 3 rings (SSSR count). The van der Waals surface area contributed by atoms with Gasteiger partial charge in [-0.2, -0.15) is 0 Å². The maximum absolute atomic E-state index is 12.9. The molecule has 0 bridgehead atoms. The van der Waals surface area contributed by atoms with E-state index in [0.29, 0.717) is 16.9 Å². The predicted octanol–water partition coefficient (Wildman–Crippen LogP) is 2.08. The number of aromatic nitrogens is 1. The molecule has 1 saturated carbocycles. The van der Waals surface area contributed by atoms with Gasteiger partial charge < -0.3 is 21.7 Å². The summed E-state index contributed by atoms with van der Waals surface area (Å²) in [7, 11) is 0. The molecule has 8 nitrogen and oxygen atoms in total. The number of anilines is 1. The third kappa shape index (κ3) is 6.04. The van der Waals surface area contributed by atoms with Gasteiger partial charge in [0.15, 0.2) is 0 Å². The Bertz CT molecular complexity index is 880. The number of nitrogens with two attached hydrogens (primary N) is 1. The topological polar surface area (TPSA) is 133 Å². The van der Waals surface area contributed by atoms with Crippen LogP contribution in [0.25, 0.3) is 0 Å². The maximum atomic E-state index is 12.9. The zero-order valence-corrected chi connectivity index (χ0v) is 16.9. The molecule has 1 heterocycles. The standard InChI is InChI=1S/C22H28N6O2/c23-21(24)15-7-6-10-17(13-15)28-20(18-11-4-5-12-25-18)22(30)26-14-19(29)27-16-8-2-1-3-9-16/h4-7,10-13,16,20,28H,1-3,8-9,14H2,(H3,23,24)(H,26,30)(H,27,29). The Kier molecular flexibility index (Phi) is 7.37. The molecule has 1 aromatic heterocycles. The van der Waals surface area contributed by atoms with Crippen molar-refractivity contribution in [1.29, 1.82) is 5.41 Å². The van der Waals surface area contributed by atoms with Gasteiger partial charge in [-0.05, 0) is 37.1 Å². The summed E-state index contributed by atoms with van der Waals surface area (Å²) in [6, 6.07) is 11.7. The molecule has 1 unspecified atom stereocenters. The van der Waals surface area contributed by atoms with E-state index in [0.717, 1.165) is 25.7 Å². The second-order valence-electron chi connectivity index (χ2n) is 7.45. The first-order chi connectivity index (χ1) is 14.5. The smallest absolute Gasteiger partial charge is 0.249 e. The van der Waals surface area contributed by atoms with Crippen molar-refractivity contribution < 1.29 is 9.59 Å². The summed E-state index contributed by atoms with van der Waals surface area (Å²) in [4.78, 5) is 29.4. The Hall–Kier alpha value is -3.42. The van der Waals surface area contributed by atoms with Gasteiger partial charge in [0.05, 0.1) is 12.2 Å². The first-order valence-corrected chi connectivity index (χ1v) is 10.2. The molecule has 1 aliphatic carbocycles. The molecule has 2 aromatic rings. The van der Waals surface area contributed by atoms with E-state index < -0.39 is 6.04 Å². The van der Waals surface area contributed by atoms with E-state index in [2.05, 4.69) is 20.9 Å². The van der Waals surface area contributed by atoms with Crippen LogP contribution in [0.2, 0.25) is 0 Å². The highest BCUT2D eigenvalue weighted by Crippen LogP contribution is 2.20. The molecule has 2 amide bonds. The summed E-state index contributed by atoms with van der Waals surface area (Å²) >= 11 is 0. The van der Waals surface area contributed by atoms with Crippen molar-refractivity contribution in [2.75, 3.05) is 11.9 Å². The Balaban J connectivity index is 1.66. The number of carbonyl (C=O) groups is 2. The number of nitrogens with zero attached hydrogens (tertiary/aromatic N) is 1. The molecule has 8 heteroatoms. The van der Waals surface area contributed by atoms with Crippen molar-refractivity contribution in [2.45, 2.75) is 44.2 Å². The van der Waals surface area contributed by atoms with E-state index in [1.807, 2.05) is 0 Å². The van der Waals surface area contributed by atoms with Crippen molar-refractivity contribution in [2.24, 2.45) is 5.73 Å². The van der Waals surface area contributed by atoms with Crippen LogP contribution in [0.4, 0.5) is 5.69 Å². The lowest BCUT2D eigenvalue weighted by Gasteiger charge is -2.23. The molecular formula is C22H28N6O2. The van der Waals surface area contributed by atoms with Crippen LogP contribution < -0.4 is 21.7 Å². The van der Waals surface area contributed by atoms with Gasteiger partial charge >= 0.3 is 0 Å². The Morgan fingerprint density at radius 1 is 1.13 bits per heavy atom. The molecule has 158 valence electrons. The number of carbonyl (C=O) groups excluding carboxylic acids is 2. The van der Waals surface area contributed by atoms with Crippen LogP contribution >= 0.6 is 0 Å². The van der Waals surface area contributed by atoms with E-state index >= 15 is 0 Å².